The number of carbonyl (C=O) groups is 1. The molecule has 21 heavy (non-hydrogen) atoms. The van der Waals surface area contributed by atoms with Crippen molar-refractivity contribution in [3.63, 3.8) is 0 Å². The molecule has 1 heterocycles. The zero-order valence-corrected chi connectivity index (χ0v) is 12.3. The summed E-state index contributed by atoms with van der Waals surface area (Å²) in [5.41, 5.74) is 4.24. The molecule has 0 aliphatic carbocycles. The lowest BCUT2D eigenvalue weighted by Crippen LogP contribution is -2.49. The molecule has 0 spiro atoms. The number of hydrogen-bond donors (Lipinski definition) is 3. The molecule has 1 aromatic carbocycles. The Morgan fingerprint density at radius 1 is 1.48 bits per heavy atom. The van der Waals surface area contributed by atoms with Crippen molar-refractivity contribution in [2.24, 2.45) is 5.84 Å². The van der Waals surface area contributed by atoms with E-state index in [9.17, 15) is 9.90 Å². The Balaban J connectivity index is 2.09. The lowest BCUT2D eigenvalue weighted by Gasteiger charge is -2.37. The van der Waals surface area contributed by atoms with Gasteiger partial charge >= 0.3 is 0 Å². The molecule has 1 amide bonds. The number of nitrogens with one attached hydrogen (secondary N) is 1. The third kappa shape index (κ3) is 4.25. The second kappa shape index (κ2) is 7.51. The number of nitrogens with two attached hydrogens (primary N) is 1. The number of nitrogens with zero attached hydrogens (tertiary/aromatic N) is 1. The standard InChI is InChI=1S/C15H23N3O3/c1-11-10-21-14(9-19)8-18(11)7-13-5-3-2-4-12(13)6-15(20)17-16/h2-5,11,14,19H,6-10,16H2,1H3,(H,17,20). The summed E-state index contributed by atoms with van der Waals surface area (Å²) in [6.45, 7) is 4.16. The van der Waals surface area contributed by atoms with Crippen LogP contribution in [0.4, 0.5) is 0 Å². The van der Waals surface area contributed by atoms with Crippen LogP contribution < -0.4 is 11.3 Å². The molecule has 2 rings (SSSR count). The first kappa shape index (κ1) is 15.9. The quantitative estimate of drug-likeness (QED) is 0.397. The van der Waals surface area contributed by atoms with Gasteiger partial charge in [0.25, 0.3) is 0 Å². The molecular weight excluding hydrogens is 270 g/mol. The minimum atomic E-state index is -0.203. The maximum atomic E-state index is 11.5. The average molecular weight is 293 g/mol. The predicted octanol–water partition coefficient (Wildman–Crippen LogP) is -0.199. The highest BCUT2D eigenvalue weighted by Gasteiger charge is 2.26. The largest absolute Gasteiger partial charge is 0.394 e. The summed E-state index contributed by atoms with van der Waals surface area (Å²) < 4.78 is 5.55. The average Bonchev–Trinajstić information content (AvgIpc) is 2.51. The van der Waals surface area contributed by atoms with Gasteiger partial charge in [-0.2, -0.15) is 0 Å². The monoisotopic (exact) mass is 293 g/mol. The van der Waals surface area contributed by atoms with E-state index in [4.69, 9.17) is 10.6 Å². The van der Waals surface area contributed by atoms with Crippen molar-refractivity contribution in [3.8, 4) is 0 Å². The summed E-state index contributed by atoms with van der Waals surface area (Å²) in [7, 11) is 0. The van der Waals surface area contributed by atoms with Crippen molar-refractivity contribution in [1.29, 1.82) is 0 Å². The Morgan fingerprint density at radius 3 is 2.86 bits per heavy atom. The third-order valence-electron chi connectivity index (χ3n) is 3.84. The number of morpholine rings is 1. The number of carbonyl (C=O) groups excluding carboxylic acids is 1. The van der Waals surface area contributed by atoms with Crippen molar-refractivity contribution in [2.75, 3.05) is 19.8 Å². The number of aliphatic hydroxyl groups is 1. The van der Waals surface area contributed by atoms with Gasteiger partial charge in [-0.1, -0.05) is 24.3 Å². The Bertz CT molecular complexity index is 481. The fourth-order valence-electron chi connectivity index (χ4n) is 2.53. The maximum Gasteiger partial charge on any atom is 0.238 e. The van der Waals surface area contributed by atoms with E-state index in [2.05, 4.69) is 17.2 Å². The lowest BCUT2D eigenvalue weighted by atomic mass is 10.0. The van der Waals surface area contributed by atoms with E-state index in [1.807, 2.05) is 24.3 Å². The van der Waals surface area contributed by atoms with E-state index in [1.54, 1.807) is 0 Å². The first-order valence-corrected chi connectivity index (χ1v) is 7.16. The molecule has 2 atom stereocenters. The number of hydrazine groups is 1. The fourth-order valence-corrected chi connectivity index (χ4v) is 2.53. The summed E-state index contributed by atoms with van der Waals surface area (Å²) in [5, 5.41) is 9.25. The van der Waals surface area contributed by atoms with Crippen LogP contribution in [0.1, 0.15) is 18.1 Å². The molecule has 1 saturated heterocycles. The molecule has 0 bridgehead atoms. The summed E-state index contributed by atoms with van der Waals surface area (Å²) in [6, 6.07) is 8.13. The molecule has 0 aromatic heterocycles. The third-order valence-corrected chi connectivity index (χ3v) is 3.84. The Kier molecular flexibility index (Phi) is 5.69. The second-order valence-electron chi connectivity index (χ2n) is 5.43. The van der Waals surface area contributed by atoms with Crippen molar-refractivity contribution >= 4 is 5.91 Å². The highest BCUT2D eigenvalue weighted by Crippen LogP contribution is 2.18. The number of benzene rings is 1. The van der Waals surface area contributed by atoms with Crippen LogP contribution in [-0.2, 0) is 22.5 Å². The maximum absolute atomic E-state index is 11.5. The number of aliphatic hydroxyl groups excluding tert-OH is 1. The Hall–Kier alpha value is -1.47. The molecule has 1 fully saturated rings. The van der Waals surface area contributed by atoms with E-state index in [0.29, 0.717) is 13.2 Å². The van der Waals surface area contributed by atoms with Crippen LogP contribution >= 0.6 is 0 Å². The van der Waals surface area contributed by atoms with E-state index < -0.39 is 0 Å². The smallest absolute Gasteiger partial charge is 0.238 e. The molecule has 1 aliphatic heterocycles. The van der Waals surface area contributed by atoms with Gasteiger partial charge in [-0.15, -0.1) is 0 Å². The molecule has 116 valence electrons. The summed E-state index contributed by atoms with van der Waals surface area (Å²) in [6.07, 6.45) is 0.134. The Labute approximate surface area is 124 Å². The molecule has 1 aliphatic rings. The van der Waals surface area contributed by atoms with Gasteiger partial charge in [-0.25, -0.2) is 5.84 Å². The number of hydrogen-bond acceptors (Lipinski definition) is 5. The molecule has 4 N–H and O–H groups in total. The van der Waals surface area contributed by atoms with Gasteiger partial charge in [0.1, 0.15) is 0 Å². The first-order valence-electron chi connectivity index (χ1n) is 7.16. The fraction of sp³-hybridized carbons (Fsp3) is 0.533. The SMILES string of the molecule is CC1COC(CO)CN1Cc1ccccc1CC(=O)NN. The minimum Gasteiger partial charge on any atom is -0.394 e. The van der Waals surface area contributed by atoms with Gasteiger partial charge < -0.3 is 9.84 Å². The Morgan fingerprint density at radius 2 is 2.19 bits per heavy atom. The van der Waals surface area contributed by atoms with Crippen molar-refractivity contribution < 1.29 is 14.6 Å². The van der Waals surface area contributed by atoms with Gasteiger partial charge in [-0.3, -0.25) is 15.1 Å². The second-order valence-corrected chi connectivity index (χ2v) is 5.43. The van der Waals surface area contributed by atoms with Gasteiger partial charge in [0.05, 0.1) is 25.7 Å². The molecule has 0 saturated carbocycles. The highest BCUT2D eigenvalue weighted by molar-refractivity contribution is 5.78. The van der Waals surface area contributed by atoms with Crippen LogP contribution in [0.3, 0.4) is 0 Å². The van der Waals surface area contributed by atoms with Crippen LogP contribution in [-0.4, -0.2) is 47.8 Å². The normalized spacial score (nSPS) is 23.0. The molecule has 2 unspecified atom stereocenters. The van der Waals surface area contributed by atoms with Crippen LogP contribution in [0, 0.1) is 0 Å². The number of amides is 1. The molecule has 6 nitrogen and oxygen atoms in total. The van der Waals surface area contributed by atoms with E-state index >= 15 is 0 Å². The van der Waals surface area contributed by atoms with Crippen LogP contribution in [0.5, 0.6) is 0 Å². The van der Waals surface area contributed by atoms with Gasteiger partial charge in [-0.05, 0) is 18.1 Å². The summed E-state index contributed by atoms with van der Waals surface area (Å²) >= 11 is 0. The van der Waals surface area contributed by atoms with Crippen molar-refractivity contribution in [3.05, 3.63) is 35.4 Å². The topological polar surface area (TPSA) is 87.8 Å². The van der Waals surface area contributed by atoms with Crippen LogP contribution in [0.25, 0.3) is 0 Å². The van der Waals surface area contributed by atoms with E-state index in [0.717, 1.165) is 17.7 Å². The number of ether oxygens (including phenoxy) is 1. The lowest BCUT2D eigenvalue weighted by molar-refractivity contribution is -0.120. The summed E-state index contributed by atoms with van der Waals surface area (Å²) in [5.74, 6) is 4.96. The molecule has 6 heteroatoms. The zero-order chi connectivity index (χ0) is 15.2. The van der Waals surface area contributed by atoms with E-state index in [-0.39, 0.29) is 31.1 Å². The van der Waals surface area contributed by atoms with Crippen molar-refractivity contribution in [1.82, 2.24) is 10.3 Å². The molecular formula is C15H23N3O3. The number of rotatable bonds is 5. The predicted molar refractivity (Wildman–Crippen MR) is 79.2 cm³/mol. The minimum absolute atomic E-state index is 0.0282. The zero-order valence-electron chi connectivity index (χ0n) is 12.3. The van der Waals surface area contributed by atoms with Gasteiger partial charge in [0.2, 0.25) is 5.91 Å². The summed E-state index contributed by atoms with van der Waals surface area (Å²) in [4.78, 5) is 13.8. The van der Waals surface area contributed by atoms with Crippen molar-refractivity contribution in [2.45, 2.75) is 32.0 Å². The van der Waals surface area contributed by atoms with Crippen LogP contribution in [0.2, 0.25) is 0 Å². The molecule has 0 radical (unpaired) electrons. The molecule has 1 aromatic rings. The van der Waals surface area contributed by atoms with Gasteiger partial charge in [0, 0.05) is 19.1 Å². The van der Waals surface area contributed by atoms with Gasteiger partial charge in [0.15, 0.2) is 0 Å². The first-order chi connectivity index (χ1) is 10.1. The highest BCUT2D eigenvalue weighted by atomic mass is 16.5. The van der Waals surface area contributed by atoms with E-state index in [1.165, 1.54) is 0 Å². The van der Waals surface area contributed by atoms with Crippen LogP contribution in [0.15, 0.2) is 24.3 Å².